The summed E-state index contributed by atoms with van der Waals surface area (Å²) in [5.41, 5.74) is 9.57. The highest BCUT2D eigenvalue weighted by atomic mass is 35.5. The Morgan fingerprint density at radius 1 is 1.35 bits per heavy atom. The standard InChI is InChI=1S/C13H15ClN2O/c1-16-7-2-3-12(16)10-4-5-11(14)9(6-8-17)13(10)15/h2-5,7,17H,6,8,15H2,1H3. The second-order valence-corrected chi connectivity index (χ2v) is 4.37. The maximum atomic E-state index is 9.03. The number of nitrogens with zero attached hydrogens (tertiary/aromatic N) is 1. The average Bonchev–Trinajstić information content (AvgIpc) is 2.71. The molecule has 0 unspecified atom stereocenters. The smallest absolute Gasteiger partial charge is 0.0498 e. The van der Waals surface area contributed by atoms with E-state index in [4.69, 9.17) is 22.4 Å². The summed E-state index contributed by atoms with van der Waals surface area (Å²) >= 11 is 6.08. The van der Waals surface area contributed by atoms with E-state index in [1.54, 1.807) is 0 Å². The lowest BCUT2D eigenvalue weighted by atomic mass is 10.0. The number of anilines is 1. The first-order valence-electron chi connectivity index (χ1n) is 5.44. The maximum Gasteiger partial charge on any atom is 0.0498 e. The van der Waals surface area contributed by atoms with Gasteiger partial charge in [-0.15, -0.1) is 0 Å². The Morgan fingerprint density at radius 2 is 2.12 bits per heavy atom. The van der Waals surface area contributed by atoms with Crippen LogP contribution in [0.3, 0.4) is 0 Å². The molecule has 1 heterocycles. The van der Waals surface area contributed by atoms with E-state index in [9.17, 15) is 0 Å². The number of aromatic nitrogens is 1. The second-order valence-electron chi connectivity index (χ2n) is 3.97. The molecule has 17 heavy (non-hydrogen) atoms. The third kappa shape index (κ3) is 2.16. The van der Waals surface area contributed by atoms with E-state index in [0.29, 0.717) is 17.1 Å². The molecule has 0 bridgehead atoms. The first-order chi connectivity index (χ1) is 8.15. The van der Waals surface area contributed by atoms with Crippen LogP contribution in [0.15, 0.2) is 30.5 Å². The molecule has 0 fully saturated rings. The summed E-state index contributed by atoms with van der Waals surface area (Å²) in [5, 5.41) is 9.63. The summed E-state index contributed by atoms with van der Waals surface area (Å²) < 4.78 is 2.00. The van der Waals surface area contributed by atoms with Crippen molar-refractivity contribution in [2.45, 2.75) is 6.42 Å². The largest absolute Gasteiger partial charge is 0.398 e. The lowest BCUT2D eigenvalue weighted by Crippen LogP contribution is -2.02. The van der Waals surface area contributed by atoms with Crippen LogP contribution in [0.5, 0.6) is 0 Å². The molecule has 0 aliphatic heterocycles. The Balaban J connectivity index is 2.57. The van der Waals surface area contributed by atoms with Crippen molar-refractivity contribution in [2.75, 3.05) is 12.3 Å². The van der Waals surface area contributed by atoms with E-state index in [2.05, 4.69) is 0 Å². The summed E-state index contributed by atoms with van der Waals surface area (Å²) in [5.74, 6) is 0. The van der Waals surface area contributed by atoms with Gasteiger partial charge in [-0.05, 0) is 36.2 Å². The minimum absolute atomic E-state index is 0.0422. The number of nitrogen functional groups attached to an aromatic ring is 1. The fraction of sp³-hybridized carbons (Fsp3) is 0.231. The molecule has 4 heteroatoms. The third-order valence-corrected chi connectivity index (χ3v) is 3.24. The molecule has 90 valence electrons. The third-order valence-electron chi connectivity index (χ3n) is 2.88. The van der Waals surface area contributed by atoms with Crippen LogP contribution in [0.2, 0.25) is 5.02 Å². The predicted molar refractivity (Wildman–Crippen MR) is 71.1 cm³/mol. The Hall–Kier alpha value is -1.45. The van der Waals surface area contributed by atoms with Gasteiger partial charge in [0.15, 0.2) is 0 Å². The van der Waals surface area contributed by atoms with Gasteiger partial charge in [-0.1, -0.05) is 11.6 Å². The highest BCUT2D eigenvalue weighted by Gasteiger charge is 2.12. The van der Waals surface area contributed by atoms with Crippen LogP contribution in [0, 0.1) is 0 Å². The van der Waals surface area contributed by atoms with Gasteiger partial charge < -0.3 is 15.4 Å². The normalized spacial score (nSPS) is 10.8. The zero-order valence-corrected chi connectivity index (χ0v) is 10.4. The Kier molecular flexibility index (Phi) is 3.41. The summed E-state index contributed by atoms with van der Waals surface area (Å²) in [6.45, 7) is 0.0422. The summed E-state index contributed by atoms with van der Waals surface area (Å²) in [4.78, 5) is 0. The van der Waals surface area contributed by atoms with Gasteiger partial charge in [0, 0.05) is 41.8 Å². The molecule has 0 spiro atoms. The molecule has 1 aromatic carbocycles. The first kappa shape index (κ1) is 12.0. The van der Waals surface area contributed by atoms with Gasteiger partial charge in [-0.2, -0.15) is 0 Å². The van der Waals surface area contributed by atoms with Gasteiger partial charge in [0.05, 0.1) is 0 Å². The monoisotopic (exact) mass is 250 g/mol. The van der Waals surface area contributed by atoms with Gasteiger partial charge in [-0.25, -0.2) is 0 Å². The number of aryl methyl sites for hydroxylation is 1. The van der Waals surface area contributed by atoms with Gasteiger partial charge in [0.25, 0.3) is 0 Å². The van der Waals surface area contributed by atoms with Crippen LogP contribution in [-0.2, 0) is 13.5 Å². The van der Waals surface area contributed by atoms with Crippen LogP contribution >= 0.6 is 11.6 Å². The Morgan fingerprint density at radius 3 is 2.71 bits per heavy atom. The number of hydrogen-bond acceptors (Lipinski definition) is 2. The lowest BCUT2D eigenvalue weighted by Gasteiger charge is -2.13. The summed E-state index contributed by atoms with van der Waals surface area (Å²) in [6, 6.07) is 7.70. The predicted octanol–water partition coefficient (Wildman–Crippen LogP) is 2.46. The van der Waals surface area contributed by atoms with Gasteiger partial charge in [-0.3, -0.25) is 0 Å². The van der Waals surface area contributed by atoms with E-state index >= 15 is 0 Å². The molecule has 2 aromatic rings. The van der Waals surface area contributed by atoms with Crippen molar-refractivity contribution in [3.63, 3.8) is 0 Å². The molecule has 2 rings (SSSR count). The lowest BCUT2D eigenvalue weighted by molar-refractivity contribution is 0.300. The maximum absolute atomic E-state index is 9.03. The second kappa shape index (κ2) is 4.82. The van der Waals surface area contributed by atoms with Crippen molar-refractivity contribution in [1.29, 1.82) is 0 Å². The minimum Gasteiger partial charge on any atom is -0.398 e. The number of aliphatic hydroxyl groups excluding tert-OH is 1. The van der Waals surface area contributed by atoms with Crippen LogP contribution in [-0.4, -0.2) is 16.3 Å². The Bertz CT molecular complexity index is 534. The van der Waals surface area contributed by atoms with Crippen molar-refractivity contribution in [3.8, 4) is 11.3 Å². The van der Waals surface area contributed by atoms with E-state index in [0.717, 1.165) is 16.8 Å². The average molecular weight is 251 g/mol. The van der Waals surface area contributed by atoms with Crippen molar-refractivity contribution in [3.05, 3.63) is 41.0 Å². The molecule has 0 saturated carbocycles. The number of aliphatic hydroxyl groups is 1. The van der Waals surface area contributed by atoms with Crippen molar-refractivity contribution in [2.24, 2.45) is 7.05 Å². The van der Waals surface area contributed by atoms with Crippen LogP contribution in [0.1, 0.15) is 5.56 Å². The van der Waals surface area contributed by atoms with Crippen LogP contribution < -0.4 is 5.73 Å². The van der Waals surface area contributed by atoms with E-state index in [-0.39, 0.29) is 6.61 Å². The first-order valence-corrected chi connectivity index (χ1v) is 5.82. The summed E-state index contributed by atoms with van der Waals surface area (Å²) in [6.07, 6.45) is 2.44. The van der Waals surface area contributed by atoms with E-state index in [1.807, 2.05) is 42.1 Å². The molecule has 0 amide bonds. The molecule has 3 N–H and O–H groups in total. The molecule has 1 aromatic heterocycles. The van der Waals surface area contributed by atoms with Crippen molar-refractivity contribution < 1.29 is 5.11 Å². The van der Waals surface area contributed by atoms with Gasteiger partial charge in [0.2, 0.25) is 0 Å². The zero-order valence-electron chi connectivity index (χ0n) is 9.65. The van der Waals surface area contributed by atoms with Crippen LogP contribution in [0.25, 0.3) is 11.3 Å². The number of hydrogen-bond donors (Lipinski definition) is 2. The van der Waals surface area contributed by atoms with Crippen LogP contribution in [0.4, 0.5) is 5.69 Å². The number of halogens is 1. The fourth-order valence-corrected chi connectivity index (χ4v) is 2.23. The molecule has 3 nitrogen and oxygen atoms in total. The molecule has 0 aliphatic rings. The molecule has 0 atom stereocenters. The van der Waals surface area contributed by atoms with Crippen molar-refractivity contribution >= 4 is 17.3 Å². The number of benzene rings is 1. The Labute approximate surface area is 105 Å². The minimum atomic E-state index is 0.0422. The summed E-state index contributed by atoms with van der Waals surface area (Å²) in [7, 11) is 1.97. The van der Waals surface area contributed by atoms with Gasteiger partial charge >= 0.3 is 0 Å². The highest BCUT2D eigenvalue weighted by Crippen LogP contribution is 2.33. The molecular formula is C13H15ClN2O. The quantitative estimate of drug-likeness (QED) is 0.823. The molecule has 0 radical (unpaired) electrons. The highest BCUT2D eigenvalue weighted by molar-refractivity contribution is 6.32. The molecular weight excluding hydrogens is 236 g/mol. The number of nitrogens with two attached hydrogens (primary N) is 1. The molecule has 0 saturated heterocycles. The van der Waals surface area contributed by atoms with Crippen molar-refractivity contribution in [1.82, 2.24) is 4.57 Å². The number of rotatable bonds is 3. The fourth-order valence-electron chi connectivity index (χ4n) is 1.97. The topological polar surface area (TPSA) is 51.2 Å². The molecule has 0 aliphatic carbocycles. The zero-order chi connectivity index (χ0) is 12.4. The van der Waals surface area contributed by atoms with E-state index < -0.39 is 0 Å². The van der Waals surface area contributed by atoms with E-state index in [1.165, 1.54) is 0 Å². The van der Waals surface area contributed by atoms with Gasteiger partial charge in [0.1, 0.15) is 0 Å². The SMILES string of the molecule is Cn1cccc1-c1ccc(Cl)c(CCO)c1N.